The lowest BCUT2D eigenvalue weighted by Crippen LogP contribution is -2.21. The Kier molecular flexibility index (Phi) is 10.7. The summed E-state index contributed by atoms with van der Waals surface area (Å²) < 4.78 is 70.7. The Morgan fingerprint density at radius 1 is 1.00 bits per heavy atom. The van der Waals surface area contributed by atoms with Crippen molar-refractivity contribution in [3.05, 3.63) is 70.7 Å². The first-order valence-electron chi connectivity index (χ1n) is 10.7. The van der Waals surface area contributed by atoms with E-state index < -0.39 is 35.0 Å². The molecule has 0 radical (unpaired) electrons. The number of nitrogens with two attached hydrogens (primary N) is 1. The van der Waals surface area contributed by atoms with Gasteiger partial charge in [-0.25, -0.2) is 9.78 Å². The fourth-order valence-electron chi connectivity index (χ4n) is 2.85. The van der Waals surface area contributed by atoms with Crippen molar-refractivity contribution in [2.45, 2.75) is 18.5 Å². The maximum Gasteiger partial charge on any atom is 0.490 e. The summed E-state index contributed by atoms with van der Waals surface area (Å²) in [6, 6.07) is 14.1. The Balaban J connectivity index is 0.000000638. The molecule has 2 aromatic carbocycles. The van der Waals surface area contributed by atoms with Crippen molar-refractivity contribution >= 4 is 29.3 Å². The molecular formula is C23H22ClF6N5O3. The molecule has 3 aromatic rings. The largest absolute Gasteiger partial charge is 0.490 e. The highest BCUT2D eigenvalue weighted by Crippen LogP contribution is 2.36. The summed E-state index contributed by atoms with van der Waals surface area (Å²) >= 11 is 5.85. The molecule has 1 aromatic heterocycles. The number of benzene rings is 2. The maximum atomic E-state index is 13.0. The lowest BCUT2D eigenvalue weighted by atomic mass is 10.1. The number of nitrogens with zero attached hydrogens (tertiary/aromatic N) is 2. The van der Waals surface area contributed by atoms with Crippen LogP contribution in [0.15, 0.2) is 54.6 Å². The summed E-state index contributed by atoms with van der Waals surface area (Å²) in [7, 11) is 0. The quantitative estimate of drug-likeness (QED) is 0.242. The van der Waals surface area contributed by atoms with Gasteiger partial charge in [0.1, 0.15) is 5.82 Å². The van der Waals surface area contributed by atoms with Gasteiger partial charge in [0.15, 0.2) is 0 Å². The van der Waals surface area contributed by atoms with Gasteiger partial charge in [-0.15, -0.1) is 0 Å². The van der Waals surface area contributed by atoms with Gasteiger partial charge in [0.05, 0.1) is 22.4 Å². The van der Waals surface area contributed by atoms with E-state index in [-0.39, 0.29) is 12.5 Å². The predicted octanol–water partition coefficient (Wildman–Crippen LogP) is 4.97. The van der Waals surface area contributed by atoms with Gasteiger partial charge in [0.25, 0.3) is 0 Å². The number of anilines is 2. The Hall–Kier alpha value is -3.62. The molecule has 0 fully saturated rings. The molecule has 6 N–H and O–H groups in total. The monoisotopic (exact) mass is 565 g/mol. The molecule has 206 valence electrons. The van der Waals surface area contributed by atoms with Gasteiger partial charge < -0.3 is 26.6 Å². The lowest BCUT2D eigenvalue weighted by Gasteiger charge is -2.15. The molecule has 0 aliphatic heterocycles. The molecule has 1 heterocycles. The normalized spacial score (nSPS) is 12.2. The molecule has 0 amide bonds. The molecule has 0 aliphatic rings. The molecule has 0 saturated carbocycles. The first kappa shape index (κ1) is 30.6. The summed E-state index contributed by atoms with van der Waals surface area (Å²) in [5.41, 5.74) is 6.08. The smallest absolute Gasteiger partial charge is 0.475 e. The standard InChI is InChI=1S/C21H21ClF3N5O.C2HF3O2/c22-16-10-14(6-7-15(16)21(23,24)25)17-11-19(30-20(29-17)27-9-8-26)28-12-18(31)13-4-2-1-3-5-13;3-2(4,5)1(6)7/h1-7,10-11,18,31H,8-9,12,26H2,(H2,27,28,29,30);(H,6,7)/t18-;/m0./s1. The number of rotatable bonds is 8. The van der Waals surface area contributed by atoms with Crippen molar-refractivity contribution in [1.82, 2.24) is 9.97 Å². The fraction of sp³-hybridized carbons (Fsp3) is 0.261. The van der Waals surface area contributed by atoms with Gasteiger partial charge in [-0.3, -0.25) is 0 Å². The van der Waals surface area contributed by atoms with E-state index in [9.17, 15) is 31.4 Å². The highest BCUT2D eigenvalue weighted by Gasteiger charge is 2.38. The van der Waals surface area contributed by atoms with Crippen LogP contribution in [0.5, 0.6) is 0 Å². The Morgan fingerprint density at radius 2 is 1.63 bits per heavy atom. The predicted molar refractivity (Wildman–Crippen MR) is 129 cm³/mol. The van der Waals surface area contributed by atoms with Gasteiger partial charge in [-0.2, -0.15) is 31.3 Å². The number of alkyl halides is 6. The number of nitrogens with one attached hydrogen (secondary N) is 2. The number of aliphatic hydroxyl groups excluding tert-OH is 1. The number of carboxylic acids is 1. The SMILES string of the molecule is NCCNc1nc(NC[C@H](O)c2ccccc2)cc(-c2ccc(C(F)(F)F)c(Cl)c2)n1.O=C(O)C(F)(F)F. The van der Waals surface area contributed by atoms with E-state index in [2.05, 4.69) is 20.6 Å². The highest BCUT2D eigenvalue weighted by molar-refractivity contribution is 6.31. The van der Waals surface area contributed by atoms with E-state index in [1.54, 1.807) is 18.2 Å². The zero-order chi connectivity index (χ0) is 28.5. The third-order valence-electron chi connectivity index (χ3n) is 4.63. The lowest BCUT2D eigenvalue weighted by molar-refractivity contribution is -0.192. The summed E-state index contributed by atoms with van der Waals surface area (Å²) in [5, 5.41) is 23.0. The third kappa shape index (κ3) is 9.36. The summed E-state index contributed by atoms with van der Waals surface area (Å²) in [4.78, 5) is 17.6. The van der Waals surface area contributed by atoms with Crippen molar-refractivity contribution in [2.24, 2.45) is 5.73 Å². The molecule has 1 atom stereocenters. The van der Waals surface area contributed by atoms with Crippen LogP contribution >= 0.6 is 11.6 Å². The van der Waals surface area contributed by atoms with Gasteiger partial charge in [-0.05, 0) is 17.7 Å². The number of aromatic nitrogens is 2. The molecule has 0 unspecified atom stereocenters. The van der Waals surface area contributed by atoms with E-state index in [0.29, 0.717) is 30.2 Å². The van der Waals surface area contributed by atoms with Crippen LogP contribution in [0.2, 0.25) is 5.02 Å². The Labute approximate surface area is 217 Å². The van der Waals surface area contributed by atoms with E-state index >= 15 is 0 Å². The second kappa shape index (κ2) is 13.3. The van der Waals surface area contributed by atoms with Crippen LogP contribution in [0.4, 0.5) is 38.1 Å². The first-order chi connectivity index (χ1) is 17.7. The Morgan fingerprint density at radius 3 is 2.16 bits per heavy atom. The highest BCUT2D eigenvalue weighted by atomic mass is 35.5. The van der Waals surface area contributed by atoms with Crippen molar-refractivity contribution < 1.29 is 41.4 Å². The van der Waals surface area contributed by atoms with Crippen LogP contribution in [0, 0.1) is 0 Å². The minimum Gasteiger partial charge on any atom is -0.475 e. The number of halogens is 7. The second-order valence-electron chi connectivity index (χ2n) is 7.48. The molecule has 0 bridgehead atoms. The number of carboxylic acid groups (broad SMARTS) is 1. The van der Waals surface area contributed by atoms with Crippen molar-refractivity contribution in [3.8, 4) is 11.3 Å². The van der Waals surface area contributed by atoms with Crippen LogP contribution in [0.1, 0.15) is 17.2 Å². The summed E-state index contributed by atoms with van der Waals surface area (Å²) in [6.45, 7) is 0.920. The molecule has 0 spiro atoms. The Bertz CT molecular complexity index is 1210. The van der Waals surface area contributed by atoms with E-state index in [1.165, 1.54) is 12.1 Å². The van der Waals surface area contributed by atoms with Crippen LogP contribution in [-0.4, -0.2) is 52.0 Å². The van der Waals surface area contributed by atoms with Crippen molar-refractivity contribution in [1.29, 1.82) is 0 Å². The average molecular weight is 566 g/mol. The maximum absolute atomic E-state index is 13.0. The van der Waals surface area contributed by atoms with Gasteiger partial charge in [0, 0.05) is 31.3 Å². The summed E-state index contributed by atoms with van der Waals surface area (Å²) in [6.07, 6.45) is -10.4. The van der Waals surface area contributed by atoms with E-state index in [0.717, 1.165) is 11.6 Å². The fourth-order valence-corrected chi connectivity index (χ4v) is 3.14. The molecule has 0 saturated heterocycles. The number of hydrogen-bond donors (Lipinski definition) is 5. The number of carbonyl (C=O) groups is 1. The van der Waals surface area contributed by atoms with Crippen LogP contribution in [-0.2, 0) is 11.0 Å². The van der Waals surface area contributed by atoms with Gasteiger partial charge in [-0.1, -0.05) is 48.0 Å². The molecule has 3 rings (SSSR count). The average Bonchev–Trinajstić information content (AvgIpc) is 2.85. The summed E-state index contributed by atoms with van der Waals surface area (Å²) in [5.74, 6) is -2.13. The van der Waals surface area contributed by atoms with Crippen molar-refractivity contribution in [2.75, 3.05) is 30.3 Å². The van der Waals surface area contributed by atoms with Gasteiger partial charge >= 0.3 is 18.3 Å². The number of aliphatic hydroxyl groups is 1. The second-order valence-corrected chi connectivity index (χ2v) is 7.89. The van der Waals surface area contributed by atoms with Gasteiger partial charge in [0.2, 0.25) is 5.95 Å². The van der Waals surface area contributed by atoms with Crippen molar-refractivity contribution in [3.63, 3.8) is 0 Å². The van der Waals surface area contributed by atoms with E-state index in [1.807, 2.05) is 18.2 Å². The zero-order valence-electron chi connectivity index (χ0n) is 19.3. The molecule has 38 heavy (non-hydrogen) atoms. The number of aliphatic carboxylic acids is 1. The zero-order valence-corrected chi connectivity index (χ0v) is 20.1. The third-order valence-corrected chi connectivity index (χ3v) is 4.94. The van der Waals surface area contributed by atoms with Crippen LogP contribution < -0.4 is 16.4 Å². The first-order valence-corrected chi connectivity index (χ1v) is 11.1. The minimum absolute atomic E-state index is 0.171. The van der Waals surface area contributed by atoms with Crippen LogP contribution in [0.25, 0.3) is 11.3 Å². The van der Waals surface area contributed by atoms with E-state index in [4.69, 9.17) is 27.2 Å². The minimum atomic E-state index is -5.08. The molecule has 8 nitrogen and oxygen atoms in total. The topological polar surface area (TPSA) is 133 Å². The van der Waals surface area contributed by atoms with Crippen LogP contribution in [0.3, 0.4) is 0 Å². The number of hydrogen-bond acceptors (Lipinski definition) is 7. The molecular weight excluding hydrogens is 544 g/mol. The molecule has 15 heteroatoms. The molecule has 0 aliphatic carbocycles.